The van der Waals surface area contributed by atoms with E-state index in [2.05, 4.69) is 10.3 Å². The number of hydrogen-bond acceptors (Lipinski definition) is 4. The van der Waals surface area contributed by atoms with Crippen LogP contribution in [0, 0.1) is 6.92 Å². The zero-order chi connectivity index (χ0) is 19.4. The molecule has 0 aliphatic rings. The summed E-state index contributed by atoms with van der Waals surface area (Å²) in [6.45, 7) is 6.25. The quantitative estimate of drug-likeness (QED) is 0.670. The van der Waals surface area contributed by atoms with Gasteiger partial charge >= 0.3 is 5.97 Å². The Bertz CT molecular complexity index is 992. The lowest BCUT2D eigenvalue weighted by Gasteiger charge is -2.09. The first-order chi connectivity index (χ1) is 13.0. The number of carbonyl (C=O) groups is 2. The van der Waals surface area contributed by atoms with Gasteiger partial charge in [0.05, 0.1) is 17.9 Å². The maximum atomic E-state index is 12.9. The maximum Gasteiger partial charge on any atom is 0.338 e. The summed E-state index contributed by atoms with van der Waals surface area (Å²) < 4.78 is 6.96. The van der Waals surface area contributed by atoms with Crippen molar-refractivity contribution >= 4 is 23.2 Å². The molecule has 1 aromatic carbocycles. The molecule has 140 valence electrons. The van der Waals surface area contributed by atoms with Crippen LogP contribution in [-0.2, 0) is 11.2 Å². The van der Waals surface area contributed by atoms with Crippen molar-refractivity contribution in [2.24, 2.45) is 0 Å². The Morgan fingerprint density at radius 3 is 2.74 bits per heavy atom. The zero-order valence-corrected chi connectivity index (χ0v) is 15.8. The lowest BCUT2D eigenvalue weighted by molar-refractivity contribution is 0.0505. The van der Waals surface area contributed by atoms with Gasteiger partial charge in [0.15, 0.2) is 0 Å². The van der Waals surface area contributed by atoms with Gasteiger partial charge < -0.3 is 10.1 Å². The molecule has 0 aliphatic heterocycles. The predicted octanol–water partition coefficient (Wildman–Crippen LogP) is 4.02. The van der Waals surface area contributed by atoms with Gasteiger partial charge in [-0.15, -0.1) is 0 Å². The van der Waals surface area contributed by atoms with E-state index in [1.807, 2.05) is 43.5 Å². The van der Waals surface area contributed by atoms with Crippen LogP contribution >= 0.6 is 0 Å². The van der Waals surface area contributed by atoms with Gasteiger partial charge in [0.2, 0.25) is 0 Å². The number of pyridine rings is 1. The highest BCUT2D eigenvalue weighted by Gasteiger charge is 2.19. The van der Waals surface area contributed by atoms with Gasteiger partial charge in [-0.05, 0) is 49.6 Å². The van der Waals surface area contributed by atoms with Gasteiger partial charge in [-0.1, -0.05) is 26.0 Å². The average molecular weight is 365 g/mol. The molecule has 1 amide bonds. The molecule has 6 heteroatoms. The van der Waals surface area contributed by atoms with Crippen molar-refractivity contribution in [1.29, 1.82) is 0 Å². The van der Waals surface area contributed by atoms with Crippen LogP contribution in [0.1, 0.15) is 52.4 Å². The Morgan fingerprint density at radius 1 is 1.19 bits per heavy atom. The topological polar surface area (TPSA) is 72.7 Å². The fourth-order valence-electron chi connectivity index (χ4n) is 2.88. The van der Waals surface area contributed by atoms with Crippen LogP contribution in [0.15, 0.2) is 42.6 Å². The van der Waals surface area contributed by atoms with Crippen molar-refractivity contribution in [3.05, 3.63) is 65.1 Å². The highest BCUT2D eigenvalue weighted by atomic mass is 16.5. The lowest BCUT2D eigenvalue weighted by Crippen LogP contribution is -2.17. The number of amides is 1. The number of benzene rings is 1. The van der Waals surface area contributed by atoms with Crippen LogP contribution in [0.5, 0.6) is 0 Å². The van der Waals surface area contributed by atoms with E-state index in [1.165, 1.54) is 0 Å². The number of rotatable bonds is 6. The smallest absolute Gasteiger partial charge is 0.338 e. The minimum atomic E-state index is -0.396. The standard InChI is InChI=1S/C21H23N3O3/c1-4-11-27-21(26)15-7-6-8-16(12-15)22-20(25)19-17(5-2)23-18-10-9-14(3)13-24(18)19/h6-10,12-13H,4-5,11H2,1-3H3,(H,22,25). The molecule has 0 atom stereocenters. The molecule has 0 spiro atoms. The monoisotopic (exact) mass is 365 g/mol. The number of nitrogens with zero attached hydrogens (tertiary/aromatic N) is 2. The van der Waals surface area contributed by atoms with Crippen LogP contribution in [0.4, 0.5) is 5.69 Å². The molecule has 2 aromatic heterocycles. The number of esters is 1. The summed E-state index contributed by atoms with van der Waals surface area (Å²) in [5.41, 5.74) is 3.96. The third-order valence-corrected chi connectivity index (χ3v) is 4.18. The van der Waals surface area contributed by atoms with E-state index in [0.717, 1.165) is 23.3 Å². The predicted molar refractivity (Wildman–Crippen MR) is 104 cm³/mol. The molecule has 0 saturated heterocycles. The number of hydrogen-bond donors (Lipinski definition) is 1. The number of imidazole rings is 1. The summed E-state index contributed by atoms with van der Waals surface area (Å²) in [4.78, 5) is 29.5. The van der Waals surface area contributed by atoms with Crippen molar-refractivity contribution in [3.8, 4) is 0 Å². The zero-order valence-electron chi connectivity index (χ0n) is 15.8. The molecule has 3 rings (SSSR count). The van der Waals surface area contributed by atoms with Crippen LogP contribution in [0.3, 0.4) is 0 Å². The highest BCUT2D eigenvalue weighted by Crippen LogP contribution is 2.18. The summed E-state index contributed by atoms with van der Waals surface area (Å²) in [7, 11) is 0. The summed E-state index contributed by atoms with van der Waals surface area (Å²) in [6, 6.07) is 10.6. The summed E-state index contributed by atoms with van der Waals surface area (Å²) in [5.74, 6) is -0.656. The second-order valence-electron chi connectivity index (χ2n) is 6.37. The molecule has 2 heterocycles. The molecule has 0 bridgehead atoms. The van der Waals surface area contributed by atoms with Crippen molar-refractivity contribution in [2.75, 3.05) is 11.9 Å². The molecule has 0 saturated carbocycles. The van der Waals surface area contributed by atoms with Gasteiger partial charge in [0, 0.05) is 11.9 Å². The third kappa shape index (κ3) is 4.00. The van der Waals surface area contributed by atoms with E-state index in [-0.39, 0.29) is 5.91 Å². The first-order valence-corrected chi connectivity index (χ1v) is 9.09. The molecular weight excluding hydrogens is 342 g/mol. The molecule has 27 heavy (non-hydrogen) atoms. The van der Waals surface area contributed by atoms with E-state index in [1.54, 1.807) is 24.3 Å². The highest BCUT2D eigenvalue weighted by molar-refractivity contribution is 6.05. The normalized spacial score (nSPS) is 10.8. The van der Waals surface area contributed by atoms with Gasteiger partial charge in [-0.25, -0.2) is 9.78 Å². The average Bonchev–Trinajstić information content (AvgIpc) is 3.04. The maximum absolute atomic E-state index is 12.9. The number of ether oxygens (including phenoxy) is 1. The Labute approximate surface area is 158 Å². The molecule has 3 aromatic rings. The van der Waals surface area contributed by atoms with Gasteiger partial charge in [-0.3, -0.25) is 9.20 Å². The Kier molecular flexibility index (Phi) is 5.54. The Balaban J connectivity index is 1.89. The van der Waals surface area contributed by atoms with Crippen LogP contribution in [-0.4, -0.2) is 27.9 Å². The minimum Gasteiger partial charge on any atom is -0.462 e. The van der Waals surface area contributed by atoms with Crippen molar-refractivity contribution in [2.45, 2.75) is 33.6 Å². The molecule has 0 aliphatic carbocycles. The number of fused-ring (bicyclic) bond motifs is 1. The second kappa shape index (κ2) is 8.03. The van der Waals surface area contributed by atoms with E-state index >= 15 is 0 Å². The molecule has 0 unspecified atom stereocenters. The summed E-state index contributed by atoms with van der Waals surface area (Å²) in [5, 5.41) is 2.87. The van der Waals surface area contributed by atoms with Crippen LogP contribution in [0.25, 0.3) is 5.65 Å². The lowest BCUT2D eigenvalue weighted by atomic mass is 10.2. The van der Waals surface area contributed by atoms with E-state index in [0.29, 0.717) is 30.0 Å². The summed E-state index contributed by atoms with van der Waals surface area (Å²) >= 11 is 0. The number of nitrogens with one attached hydrogen (secondary N) is 1. The number of aromatic nitrogens is 2. The first kappa shape index (κ1) is 18.6. The second-order valence-corrected chi connectivity index (χ2v) is 6.37. The van der Waals surface area contributed by atoms with Crippen molar-refractivity contribution in [3.63, 3.8) is 0 Å². The number of carbonyl (C=O) groups excluding carboxylic acids is 2. The third-order valence-electron chi connectivity index (χ3n) is 4.18. The largest absolute Gasteiger partial charge is 0.462 e. The Morgan fingerprint density at radius 2 is 2.00 bits per heavy atom. The van der Waals surface area contributed by atoms with Crippen LogP contribution < -0.4 is 5.32 Å². The molecule has 0 fully saturated rings. The Hall–Kier alpha value is -3.15. The molecule has 0 radical (unpaired) electrons. The van der Waals surface area contributed by atoms with E-state index in [9.17, 15) is 9.59 Å². The number of aryl methyl sites for hydroxylation is 2. The van der Waals surface area contributed by atoms with E-state index in [4.69, 9.17) is 4.74 Å². The minimum absolute atomic E-state index is 0.260. The van der Waals surface area contributed by atoms with Gasteiger partial charge in [0.1, 0.15) is 11.3 Å². The first-order valence-electron chi connectivity index (χ1n) is 9.09. The van der Waals surface area contributed by atoms with Crippen LogP contribution in [0.2, 0.25) is 0 Å². The van der Waals surface area contributed by atoms with Crippen molar-refractivity contribution in [1.82, 2.24) is 9.38 Å². The molecule has 1 N–H and O–H groups in total. The fourth-order valence-corrected chi connectivity index (χ4v) is 2.88. The SMILES string of the molecule is CCCOC(=O)c1cccc(NC(=O)c2c(CC)nc3ccc(C)cn23)c1. The van der Waals surface area contributed by atoms with E-state index < -0.39 is 5.97 Å². The molecular formula is C21H23N3O3. The van der Waals surface area contributed by atoms with Gasteiger partial charge in [-0.2, -0.15) is 0 Å². The number of anilines is 1. The summed E-state index contributed by atoms with van der Waals surface area (Å²) in [6.07, 6.45) is 3.30. The van der Waals surface area contributed by atoms with Crippen molar-refractivity contribution < 1.29 is 14.3 Å². The fraction of sp³-hybridized carbons (Fsp3) is 0.286. The molecule has 6 nitrogen and oxygen atoms in total. The van der Waals surface area contributed by atoms with Gasteiger partial charge in [0.25, 0.3) is 5.91 Å².